The highest BCUT2D eigenvalue weighted by Gasteiger charge is 2.62. The standard InChI is InChI=1S/C36H33NO11/c1-15(2)10-16(3)33(44)46-14-35(4)34(45)48-36(5)13-18-11-17-6-8-20-25(23(17)29(41)24(18)32(43)37(35)36)30(42)26-27(39)21-12-19(38)7-9-22(21)47-31(26)28(20)40/h6-9,11-12,15-16,34,38,41,45H,10,13-14H2,1-5H3. The molecule has 12 heteroatoms. The Balaban J connectivity index is 1.35. The van der Waals surface area contributed by atoms with Gasteiger partial charge in [-0.15, -0.1) is 0 Å². The van der Waals surface area contributed by atoms with Gasteiger partial charge in [-0.3, -0.25) is 28.9 Å². The lowest BCUT2D eigenvalue weighted by Crippen LogP contribution is -2.61. The van der Waals surface area contributed by atoms with Crippen LogP contribution in [0, 0.1) is 11.8 Å². The number of fused-ring (bicyclic) bond motifs is 7. The van der Waals surface area contributed by atoms with E-state index in [-0.39, 0.29) is 57.7 Å². The number of aliphatic hydroxyl groups excluding tert-OH is 1. The summed E-state index contributed by atoms with van der Waals surface area (Å²) in [5, 5.41) is 33.0. The van der Waals surface area contributed by atoms with Crippen molar-refractivity contribution in [2.75, 3.05) is 6.61 Å². The minimum Gasteiger partial charge on any atom is -0.508 e. The van der Waals surface area contributed by atoms with E-state index in [1.165, 1.54) is 36.1 Å². The van der Waals surface area contributed by atoms with E-state index < -0.39 is 69.4 Å². The van der Waals surface area contributed by atoms with Crippen molar-refractivity contribution in [3.8, 4) is 11.5 Å². The van der Waals surface area contributed by atoms with Crippen LogP contribution in [0.4, 0.5) is 0 Å². The second kappa shape index (κ2) is 10.5. The van der Waals surface area contributed by atoms with E-state index in [4.69, 9.17) is 13.9 Å². The second-order valence-electron chi connectivity index (χ2n) is 13.8. The van der Waals surface area contributed by atoms with Crippen molar-refractivity contribution in [2.24, 2.45) is 11.8 Å². The lowest BCUT2D eigenvalue weighted by Gasteiger charge is -2.44. The van der Waals surface area contributed by atoms with E-state index in [1.54, 1.807) is 19.9 Å². The number of rotatable bonds is 5. The molecule has 248 valence electrons. The number of hydrogen-bond donors (Lipinski definition) is 3. The van der Waals surface area contributed by atoms with Gasteiger partial charge in [0.25, 0.3) is 5.91 Å². The normalized spacial score (nSPS) is 23.7. The number of amides is 1. The third-order valence-electron chi connectivity index (χ3n) is 9.69. The number of phenolic OH excluding ortho intramolecular Hbond substituents is 2. The number of aromatic hydroxyl groups is 2. The molecule has 48 heavy (non-hydrogen) atoms. The van der Waals surface area contributed by atoms with Gasteiger partial charge in [-0.1, -0.05) is 26.8 Å². The van der Waals surface area contributed by atoms with Crippen LogP contribution < -0.4 is 5.43 Å². The smallest absolute Gasteiger partial charge is 0.308 e. The summed E-state index contributed by atoms with van der Waals surface area (Å²) in [6.07, 6.45) is -0.948. The SMILES string of the molecule is CC(C)CC(C)C(=O)OCC1(C)C(O)OC2(C)Cc3cc4ccc5c(c4c(O)c3C(=O)N21)C(=O)c1c(oc2ccc(O)cc2c1=O)C5=O. The first-order valence-electron chi connectivity index (χ1n) is 15.7. The van der Waals surface area contributed by atoms with Gasteiger partial charge in [0.15, 0.2) is 12.1 Å². The summed E-state index contributed by atoms with van der Waals surface area (Å²) >= 11 is 0. The van der Waals surface area contributed by atoms with Crippen molar-refractivity contribution in [1.82, 2.24) is 4.90 Å². The molecule has 1 saturated heterocycles. The van der Waals surface area contributed by atoms with Crippen LogP contribution in [-0.2, 0) is 20.7 Å². The molecular formula is C36H33NO11. The monoisotopic (exact) mass is 655 g/mol. The van der Waals surface area contributed by atoms with Crippen molar-refractivity contribution in [3.63, 3.8) is 0 Å². The predicted molar refractivity (Wildman–Crippen MR) is 170 cm³/mol. The molecule has 3 N–H and O–H groups in total. The average molecular weight is 656 g/mol. The maximum Gasteiger partial charge on any atom is 0.308 e. The number of hydrogen-bond acceptors (Lipinski definition) is 11. The van der Waals surface area contributed by atoms with Gasteiger partial charge in [-0.25, -0.2) is 0 Å². The summed E-state index contributed by atoms with van der Waals surface area (Å²) in [7, 11) is 0. The molecule has 0 radical (unpaired) electrons. The lowest BCUT2D eigenvalue weighted by atomic mass is 9.80. The molecule has 3 aliphatic rings. The molecule has 4 aromatic rings. The second-order valence-corrected chi connectivity index (χ2v) is 13.8. The van der Waals surface area contributed by atoms with Gasteiger partial charge in [0, 0.05) is 22.9 Å². The van der Waals surface area contributed by atoms with Crippen LogP contribution in [-0.4, -0.2) is 67.8 Å². The van der Waals surface area contributed by atoms with E-state index in [0.29, 0.717) is 17.4 Å². The molecule has 1 aliphatic carbocycles. The Bertz CT molecular complexity index is 2200. The first-order valence-corrected chi connectivity index (χ1v) is 15.7. The fourth-order valence-corrected chi connectivity index (χ4v) is 7.53. The zero-order chi connectivity index (χ0) is 34.6. The van der Waals surface area contributed by atoms with Gasteiger partial charge in [0.2, 0.25) is 17.0 Å². The third kappa shape index (κ3) is 4.32. The summed E-state index contributed by atoms with van der Waals surface area (Å²) in [6, 6.07) is 8.24. The Hall–Kier alpha value is -5.07. The number of esters is 1. The van der Waals surface area contributed by atoms with Crippen molar-refractivity contribution < 1.29 is 48.4 Å². The number of benzene rings is 3. The molecule has 12 nitrogen and oxygen atoms in total. The van der Waals surface area contributed by atoms with Crippen LogP contribution >= 0.6 is 0 Å². The first kappa shape index (κ1) is 31.5. The molecule has 4 atom stereocenters. The van der Waals surface area contributed by atoms with Crippen LogP contribution in [0.15, 0.2) is 45.6 Å². The molecule has 0 saturated carbocycles. The predicted octanol–water partition coefficient (Wildman–Crippen LogP) is 4.18. The number of ketones is 2. The van der Waals surface area contributed by atoms with Crippen LogP contribution in [0.5, 0.6) is 11.5 Å². The van der Waals surface area contributed by atoms with E-state index >= 15 is 0 Å². The largest absolute Gasteiger partial charge is 0.508 e. The van der Waals surface area contributed by atoms with E-state index in [0.717, 1.165) is 6.07 Å². The van der Waals surface area contributed by atoms with Crippen molar-refractivity contribution in [3.05, 3.63) is 80.2 Å². The van der Waals surface area contributed by atoms with Gasteiger partial charge < -0.3 is 29.2 Å². The van der Waals surface area contributed by atoms with Crippen LogP contribution in [0.25, 0.3) is 21.7 Å². The molecule has 3 heterocycles. The number of ether oxygens (including phenoxy) is 2. The third-order valence-corrected chi connectivity index (χ3v) is 9.69. The topological polar surface area (TPSA) is 181 Å². The Morgan fingerprint density at radius 1 is 1.00 bits per heavy atom. The minimum atomic E-state index is -1.55. The molecule has 1 fully saturated rings. The van der Waals surface area contributed by atoms with Crippen LogP contribution in [0.3, 0.4) is 0 Å². The maximum absolute atomic E-state index is 14.4. The summed E-state index contributed by atoms with van der Waals surface area (Å²) in [5.41, 5.74) is -4.54. The number of carbonyl (C=O) groups is 4. The molecule has 0 bridgehead atoms. The zero-order valence-corrected chi connectivity index (χ0v) is 26.9. The van der Waals surface area contributed by atoms with E-state index in [2.05, 4.69) is 0 Å². The fraction of sp³-hybridized carbons (Fsp3) is 0.361. The Morgan fingerprint density at radius 2 is 1.73 bits per heavy atom. The molecule has 2 aliphatic heterocycles. The first-order chi connectivity index (χ1) is 22.6. The van der Waals surface area contributed by atoms with Crippen molar-refractivity contribution >= 4 is 45.2 Å². The van der Waals surface area contributed by atoms with Gasteiger partial charge >= 0.3 is 5.97 Å². The highest BCUT2D eigenvalue weighted by atomic mass is 16.7. The molecule has 3 aromatic carbocycles. The van der Waals surface area contributed by atoms with Gasteiger partial charge in [-0.05, 0) is 67.5 Å². The number of phenols is 2. The van der Waals surface area contributed by atoms with Gasteiger partial charge in [-0.2, -0.15) is 0 Å². The number of aliphatic hydroxyl groups is 1. The Labute approximate surface area is 273 Å². The molecule has 0 spiro atoms. The summed E-state index contributed by atoms with van der Waals surface area (Å²) in [5.74, 6) is -4.37. The molecular weight excluding hydrogens is 622 g/mol. The number of carbonyl (C=O) groups excluding carboxylic acids is 4. The van der Waals surface area contributed by atoms with Gasteiger partial charge in [0.1, 0.15) is 40.5 Å². The lowest BCUT2D eigenvalue weighted by molar-refractivity contribution is -0.162. The van der Waals surface area contributed by atoms with E-state index in [9.17, 15) is 39.3 Å². The summed E-state index contributed by atoms with van der Waals surface area (Å²) in [6.45, 7) is 8.44. The Morgan fingerprint density at radius 3 is 2.44 bits per heavy atom. The maximum atomic E-state index is 14.4. The summed E-state index contributed by atoms with van der Waals surface area (Å²) in [4.78, 5) is 69.8. The molecule has 1 amide bonds. The van der Waals surface area contributed by atoms with Gasteiger partial charge in [0.05, 0.1) is 16.9 Å². The Kier molecular flexibility index (Phi) is 6.87. The highest BCUT2D eigenvalue weighted by molar-refractivity contribution is 6.32. The van der Waals surface area contributed by atoms with Crippen LogP contribution in [0.1, 0.15) is 89.0 Å². The van der Waals surface area contributed by atoms with Crippen LogP contribution in [0.2, 0.25) is 0 Å². The van der Waals surface area contributed by atoms with E-state index in [1.807, 2.05) is 13.8 Å². The number of nitrogens with zero attached hydrogens (tertiary/aromatic N) is 1. The molecule has 1 aromatic heterocycles. The average Bonchev–Trinajstić information content (AvgIpc) is 3.22. The van der Waals surface area contributed by atoms with Crippen molar-refractivity contribution in [1.29, 1.82) is 0 Å². The summed E-state index contributed by atoms with van der Waals surface area (Å²) < 4.78 is 17.2. The van der Waals surface area contributed by atoms with Crippen molar-refractivity contribution in [2.45, 2.75) is 65.0 Å². The minimum absolute atomic E-state index is 0.00521. The quantitative estimate of drug-likeness (QED) is 0.231. The zero-order valence-electron chi connectivity index (χ0n) is 26.9. The molecule has 4 unspecified atom stereocenters. The highest BCUT2D eigenvalue weighted by Crippen LogP contribution is 2.49. The fourth-order valence-electron chi connectivity index (χ4n) is 7.53. The molecule has 7 rings (SSSR count).